The summed E-state index contributed by atoms with van der Waals surface area (Å²) in [5.41, 5.74) is 1.23. The van der Waals surface area contributed by atoms with Crippen LogP contribution >= 0.6 is 0 Å². The summed E-state index contributed by atoms with van der Waals surface area (Å²) in [4.78, 5) is 4.75. The third-order valence-electron chi connectivity index (χ3n) is 4.26. The number of imidazole rings is 1. The van der Waals surface area contributed by atoms with Crippen LogP contribution in [0.2, 0.25) is 0 Å². The van der Waals surface area contributed by atoms with Gasteiger partial charge in [-0.3, -0.25) is 0 Å². The van der Waals surface area contributed by atoms with Gasteiger partial charge in [-0.25, -0.2) is 4.98 Å². The minimum absolute atomic E-state index is 0.294. The van der Waals surface area contributed by atoms with Crippen molar-refractivity contribution in [2.24, 2.45) is 11.8 Å². The Balaban J connectivity index is 1.65. The smallest absolute Gasteiger partial charge is 0.109 e. The van der Waals surface area contributed by atoms with Gasteiger partial charge in [0.25, 0.3) is 0 Å². The number of aromatic nitrogens is 2. The molecule has 0 saturated carbocycles. The normalized spacial score (nSPS) is 25.1. The molecule has 0 aliphatic carbocycles. The van der Waals surface area contributed by atoms with E-state index in [1.165, 1.54) is 24.4 Å². The molecule has 1 unspecified atom stereocenters. The van der Waals surface area contributed by atoms with Gasteiger partial charge in [0.15, 0.2) is 0 Å². The lowest BCUT2D eigenvalue weighted by Crippen LogP contribution is -2.21. The standard InChI is InChI=1S/C14H22N2O2/c17-10-12-1-4-16-9-13(15-14(16)8-12)7-11-2-5-18-6-3-11/h9,11-12,17H,1-8,10H2. The maximum atomic E-state index is 9.23. The van der Waals surface area contributed by atoms with Crippen LogP contribution in [0.25, 0.3) is 0 Å². The molecular weight excluding hydrogens is 228 g/mol. The highest BCUT2D eigenvalue weighted by molar-refractivity contribution is 5.08. The average molecular weight is 250 g/mol. The van der Waals surface area contributed by atoms with Crippen molar-refractivity contribution < 1.29 is 9.84 Å². The summed E-state index contributed by atoms with van der Waals surface area (Å²) in [6, 6.07) is 0. The van der Waals surface area contributed by atoms with Crippen LogP contribution in [0.15, 0.2) is 6.20 Å². The van der Waals surface area contributed by atoms with E-state index in [1.54, 1.807) is 0 Å². The summed E-state index contributed by atoms with van der Waals surface area (Å²) in [5, 5.41) is 9.23. The van der Waals surface area contributed by atoms with E-state index in [2.05, 4.69) is 10.8 Å². The highest BCUT2D eigenvalue weighted by Gasteiger charge is 2.21. The molecule has 1 saturated heterocycles. The van der Waals surface area contributed by atoms with E-state index in [-0.39, 0.29) is 0 Å². The van der Waals surface area contributed by atoms with Gasteiger partial charge in [-0.2, -0.15) is 0 Å². The molecule has 100 valence electrons. The van der Waals surface area contributed by atoms with Crippen molar-refractivity contribution in [3.05, 3.63) is 17.7 Å². The Bertz CT molecular complexity index is 396. The van der Waals surface area contributed by atoms with Gasteiger partial charge in [0.1, 0.15) is 5.82 Å². The van der Waals surface area contributed by atoms with Crippen LogP contribution in [-0.2, 0) is 24.1 Å². The average Bonchev–Trinajstić information content (AvgIpc) is 2.80. The molecule has 4 heteroatoms. The van der Waals surface area contributed by atoms with Gasteiger partial charge in [0, 0.05) is 39.0 Å². The molecule has 2 aliphatic heterocycles. The van der Waals surface area contributed by atoms with Crippen LogP contribution in [0.5, 0.6) is 0 Å². The Labute approximate surface area is 108 Å². The Morgan fingerprint density at radius 1 is 1.28 bits per heavy atom. The summed E-state index contributed by atoms with van der Waals surface area (Å²) >= 11 is 0. The number of aryl methyl sites for hydroxylation is 1. The molecule has 2 aliphatic rings. The lowest BCUT2D eigenvalue weighted by Gasteiger charge is -2.20. The molecule has 4 nitrogen and oxygen atoms in total. The van der Waals surface area contributed by atoms with E-state index in [0.717, 1.165) is 44.9 Å². The fraction of sp³-hybridized carbons (Fsp3) is 0.786. The number of rotatable bonds is 3. The highest BCUT2D eigenvalue weighted by atomic mass is 16.5. The zero-order chi connectivity index (χ0) is 12.4. The van der Waals surface area contributed by atoms with Crippen molar-refractivity contribution in [3.8, 4) is 0 Å². The Morgan fingerprint density at radius 3 is 2.89 bits per heavy atom. The number of nitrogens with zero attached hydrogens (tertiary/aromatic N) is 2. The second-order valence-corrected chi connectivity index (χ2v) is 5.64. The minimum Gasteiger partial charge on any atom is -0.396 e. The third-order valence-corrected chi connectivity index (χ3v) is 4.26. The molecule has 3 rings (SSSR count). The molecule has 0 radical (unpaired) electrons. The van der Waals surface area contributed by atoms with Crippen LogP contribution < -0.4 is 0 Å². The van der Waals surface area contributed by atoms with E-state index in [1.807, 2.05) is 0 Å². The van der Waals surface area contributed by atoms with Crippen LogP contribution in [0.3, 0.4) is 0 Å². The number of hydrogen-bond donors (Lipinski definition) is 1. The topological polar surface area (TPSA) is 47.3 Å². The summed E-state index contributed by atoms with van der Waals surface area (Å²) in [5.74, 6) is 2.32. The second kappa shape index (κ2) is 5.41. The lowest BCUT2D eigenvalue weighted by molar-refractivity contribution is 0.0663. The van der Waals surface area contributed by atoms with Crippen molar-refractivity contribution in [2.45, 2.75) is 38.6 Å². The molecule has 1 aromatic rings. The summed E-state index contributed by atoms with van der Waals surface area (Å²) in [7, 11) is 0. The fourth-order valence-electron chi connectivity index (χ4n) is 3.05. The number of aliphatic hydroxyl groups is 1. The van der Waals surface area contributed by atoms with Crippen molar-refractivity contribution >= 4 is 0 Å². The number of fused-ring (bicyclic) bond motifs is 1. The maximum absolute atomic E-state index is 9.23. The first-order chi connectivity index (χ1) is 8.85. The predicted molar refractivity (Wildman–Crippen MR) is 68.4 cm³/mol. The quantitative estimate of drug-likeness (QED) is 0.882. The highest BCUT2D eigenvalue weighted by Crippen LogP contribution is 2.23. The van der Waals surface area contributed by atoms with Crippen LogP contribution in [-0.4, -0.2) is 34.5 Å². The molecule has 0 aromatic carbocycles. The first-order valence-corrected chi connectivity index (χ1v) is 7.08. The molecule has 1 aromatic heterocycles. The summed E-state index contributed by atoms with van der Waals surface area (Å²) in [6.45, 7) is 3.12. The molecule has 1 N–H and O–H groups in total. The van der Waals surface area contributed by atoms with E-state index in [9.17, 15) is 5.11 Å². The molecule has 0 bridgehead atoms. The van der Waals surface area contributed by atoms with E-state index >= 15 is 0 Å². The van der Waals surface area contributed by atoms with E-state index < -0.39 is 0 Å². The third kappa shape index (κ3) is 2.59. The van der Waals surface area contributed by atoms with Crippen molar-refractivity contribution in [3.63, 3.8) is 0 Å². The van der Waals surface area contributed by atoms with Crippen molar-refractivity contribution in [1.82, 2.24) is 9.55 Å². The minimum atomic E-state index is 0.294. The van der Waals surface area contributed by atoms with Crippen LogP contribution in [0.4, 0.5) is 0 Å². The zero-order valence-corrected chi connectivity index (χ0v) is 10.8. The Morgan fingerprint density at radius 2 is 2.11 bits per heavy atom. The van der Waals surface area contributed by atoms with Gasteiger partial charge in [0.05, 0.1) is 5.69 Å². The van der Waals surface area contributed by atoms with Crippen LogP contribution in [0.1, 0.15) is 30.8 Å². The second-order valence-electron chi connectivity index (χ2n) is 5.64. The Kier molecular flexibility index (Phi) is 3.66. The molecule has 1 atom stereocenters. The number of hydrogen-bond acceptors (Lipinski definition) is 3. The maximum Gasteiger partial charge on any atom is 0.109 e. The molecule has 0 spiro atoms. The van der Waals surface area contributed by atoms with Gasteiger partial charge >= 0.3 is 0 Å². The van der Waals surface area contributed by atoms with Gasteiger partial charge in [-0.1, -0.05) is 0 Å². The van der Waals surface area contributed by atoms with Gasteiger partial charge in [-0.05, 0) is 37.5 Å². The first kappa shape index (κ1) is 12.2. The van der Waals surface area contributed by atoms with Gasteiger partial charge < -0.3 is 14.4 Å². The Hall–Kier alpha value is -0.870. The van der Waals surface area contributed by atoms with Crippen LogP contribution in [0, 0.1) is 11.8 Å². The monoisotopic (exact) mass is 250 g/mol. The molecule has 0 amide bonds. The summed E-state index contributed by atoms with van der Waals surface area (Å²) in [6.07, 6.45) is 7.66. The SMILES string of the molecule is OCC1CCn2cc(CC3CCOCC3)nc2C1. The predicted octanol–water partition coefficient (Wildman–Crippen LogP) is 1.41. The van der Waals surface area contributed by atoms with Crippen molar-refractivity contribution in [1.29, 1.82) is 0 Å². The van der Waals surface area contributed by atoms with E-state index in [0.29, 0.717) is 12.5 Å². The zero-order valence-electron chi connectivity index (χ0n) is 10.8. The van der Waals surface area contributed by atoms with E-state index in [4.69, 9.17) is 9.72 Å². The van der Waals surface area contributed by atoms with Gasteiger partial charge in [0.2, 0.25) is 0 Å². The molecular formula is C14H22N2O2. The molecule has 1 fully saturated rings. The van der Waals surface area contributed by atoms with Crippen molar-refractivity contribution in [2.75, 3.05) is 19.8 Å². The largest absolute Gasteiger partial charge is 0.396 e. The fourth-order valence-corrected chi connectivity index (χ4v) is 3.05. The number of aliphatic hydroxyl groups excluding tert-OH is 1. The summed E-state index contributed by atoms with van der Waals surface area (Å²) < 4.78 is 7.67. The molecule has 3 heterocycles. The number of ether oxygens (including phenoxy) is 1. The first-order valence-electron chi connectivity index (χ1n) is 7.08. The van der Waals surface area contributed by atoms with Gasteiger partial charge in [-0.15, -0.1) is 0 Å². The lowest BCUT2D eigenvalue weighted by atomic mass is 9.95. The molecule has 18 heavy (non-hydrogen) atoms.